The van der Waals surface area contributed by atoms with Gasteiger partial charge in [-0.15, -0.1) is 0 Å². The highest BCUT2D eigenvalue weighted by Crippen LogP contribution is 2.36. The molecule has 3 unspecified atom stereocenters. The van der Waals surface area contributed by atoms with E-state index in [0.717, 1.165) is 17.8 Å². The summed E-state index contributed by atoms with van der Waals surface area (Å²) in [4.78, 5) is 0. The van der Waals surface area contributed by atoms with Crippen molar-refractivity contribution in [2.75, 3.05) is 0 Å². The molecule has 0 bridgehead atoms. The van der Waals surface area contributed by atoms with Gasteiger partial charge in [-0.3, -0.25) is 0 Å². The van der Waals surface area contributed by atoms with Gasteiger partial charge in [0.05, 0.1) is 0 Å². The van der Waals surface area contributed by atoms with Crippen LogP contribution in [0.2, 0.25) is 0 Å². The highest BCUT2D eigenvalue weighted by molar-refractivity contribution is 5.73. The van der Waals surface area contributed by atoms with Gasteiger partial charge in [-0.2, -0.15) is 0 Å². The maximum Gasteiger partial charge on any atom is -0.0184 e. The molecule has 35 heavy (non-hydrogen) atoms. The molecule has 0 saturated carbocycles. The summed E-state index contributed by atoms with van der Waals surface area (Å²) < 4.78 is 0. The standard InChI is InChI=1S/C35H48/c1-4-6-7-8-9-28-10-14-30(15-11-28)32-18-22-34(23-19-32)35-24-20-33(21-25-35)31-16-12-29(13-17-31)26-27(3)5-2/h14,16,18-25,27-29H,4-13,15,17,26H2,1-3H3. The van der Waals surface area contributed by atoms with Crippen LogP contribution in [0.5, 0.6) is 0 Å². The predicted octanol–water partition coefficient (Wildman–Crippen LogP) is 11.1. The van der Waals surface area contributed by atoms with E-state index < -0.39 is 0 Å². The molecule has 0 heteroatoms. The lowest BCUT2D eigenvalue weighted by molar-refractivity contribution is 0.362. The summed E-state index contributed by atoms with van der Waals surface area (Å²) in [6.07, 6.45) is 22.5. The molecule has 0 saturated heterocycles. The van der Waals surface area contributed by atoms with Crippen LogP contribution in [0.1, 0.15) is 115 Å². The largest absolute Gasteiger partial charge is 0.0804 e. The third-order valence-corrected chi connectivity index (χ3v) is 8.78. The summed E-state index contributed by atoms with van der Waals surface area (Å²) in [6, 6.07) is 18.7. The molecule has 0 spiro atoms. The summed E-state index contributed by atoms with van der Waals surface area (Å²) >= 11 is 0. The molecule has 3 atom stereocenters. The van der Waals surface area contributed by atoms with Crippen LogP contribution < -0.4 is 0 Å². The van der Waals surface area contributed by atoms with E-state index in [4.69, 9.17) is 0 Å². The first-order valence-corrected chi connectivity index (χ1v) is 14.8. The quantitative estimate of drug-likeness (QED) is 0.288. The van der Waals surface area contributed by atoms with Gasteiger partial charge in [0.15, 0.2) is 0 Å². The Morgan fingerprint density at radius 2 is 1.17 bits per heavy atom. The highest BCUT2D eigenvalue weighted by atomic mass is 14.2. The summed E-state index contributed by atoms with van der Waals surface area (Å²) in [5, 5.41) is 0. The number of unbranched alkanes of at least 4 members (excludes halogenated alkanes) is 3. The maximum absolute atomic E-state index is 2.53. The molecule has 0 radical (unpaired) electrons. The van der Waals surface area contributed by atoms with Crippen LogP contribution in [0.4, 0.5) is 0 Å². The number of benzene rings is 2. The van der Waals surface area contributed by atoms with E-state index in [1.165, 1.54) is 106 Å². The molecule has 0 N–H and O–H groups in total. The molecule has 188 valence electrons. The van der Waals surface area contributed by atoms with E-state index in [-0.39, 0.29) is 0 Å². The Morgan fingerprint density at radius 1 is 0.657 bits per heavy atom. The minimum Gasteiger partial charge on any atom is -0.0804 e. The molecule has 0 nitrogen and oxygen atoms in total. The van der Waals surface area contributed by atoms with Gasteiger partial charge in [0.2, 0.25) is 0 Å². The fourth-order valence-corrected chi connectivity index (χ4v) is 6.13. The average Bonchev–Trinajstić information content (AvgIpc) is 2.92. The van der Waals surface area contributed by atoms with Crippen molar-refractivity contribution in [3.05, 3.63) is 71.8 Å². The zero-order valence-corrected chi connectivity index (χ0v) is 22.7. The predicted molar refractivity (Wildman–Crippen MR) is 155 cm³/mol. The van der Waals surface area contributed by atoms with Crippen molar-refractivity contribution in [2.45, 2.75) is 104 Å². The minimum atomic E-state index is 0.868. The fourth-order valence-electron chi connectivity index (χ4n) is 6.13. The SMILES string of the molecule is CCCCCCC1CC=C(c2ccc(-c3ccc(C4=CCC(CC(C)CC)CC4)cc3)cc2)CC1. The van der Waals surface area contributed by atoms with Crippen LogP contribution in [0.3, 0.4) is 0 Å². The first-order chi connectivity index (χ1) is 17.2. The molecular formula is C35H48. The van der Waals surface area contributed by atoms with Crippen molar-refractivity contribution in [1.82, 2.24) is 0 Å². The van der Waals surface area contributed by atoms with E-state index in [0.29, 0.717) is 0 Å². The Balaban J connectivity index is 1.31. The van der Waals surface area contributed by atoms with Crippen LogP contribution in [-0.4, -0.2) is 0 Å². The summed E-state index contributed by atoms with van der Waals surface area (Å²) in [5.74, 6) is 2.67. The lowest BCUT2D eigenvalue weighted by Gasteiger charge is -2.24. The average molecular weight is 469 g/mol. The summed E-state index contributed by atoms with van der Waals surface area (Å²) in [7, 11) is 0. The van der Waals surface area contributed by atoms with Gasteiger partial charge >= 0.3 is 0 Å². The maximum atomic E-state index is 2.53. The van der Waals surface area contributed by atoms with Gasteiger partial charge in [-0.1, -0.05) is 120 Å². The molecule has 0 fully saturated rings. The van der Waals surface area contributed by atoms with Crippen molar-refractivity contribution in [1.29, 1.82) is 0 Å². The monoisotopic (exact) mass is 468 g/mol. The summed E-state index contributed by atoms with van der Waals surface area (Å²) in [5.41, 5.74) is 8.62. The van der Waals surface area contributed by atoms with Crippen LogP contribution >= 0.6 is 0 Å². The van der Waals surface area contributed by atoms with Gasteiger partial charge in [0.1, 0.15) is 0 Å². The van der Waals surface area contributed by atoms with Gasteiger partial charge in [-0.25, -0.2) is 0 Å². The Kier molecular flexibility index (Phi) is 9.87. The fraction of sp³-hybridized carbons (Fsp3) is 0.543. The Labute approximate surface area is 215 Å². The zero-order chi connectivity index (χ0) is 24.5. The first-order valence-electron chi connectivity index (χ1n) is 14.8. The topological polar surface area (TPSA) is 0 Å². The number of allylic oxidation sites excluding steroid dienone is 4. The second-order valence-corrected chi connectivity index (χ2v) is 11.5. The van der Waals surface area contributed by atoms with Crippen molar-refractivity contribution in [3.8, 4) is 11.1 Å². The van der Waals surface area contributed by atoms with Crippen molar-refractivity contribution in [3.63, 3.8) is 0 Å². The third kappa shape index (κ3) is 7.45. The number of rotatable bonds is 11. The third-order valence-electron chi connectivity index (χ3n) is 8.78. The molecule has 0 aromatic heterocycles. The molecule has 0 amide bonds. The second-order valence-electron chi connectivity index (χ2n) is 11.5. The van der Waals surface area contributed by atoms with Crippen LogP contribution in [0.15, 0.2) is 60.7 Å². The number of hydrogen-bond acceptors (Lipinski definition) is 0. The van der Waals surface area contributed by atoms with Crippen LogP contribution in [0, 0.1) is 17.8 Å². The van der Waals surface area contributed by atoms with E-state index in [1.54, 1.807) is 11.1 Å². The molecule has 4 rings (SSSR count). The van der Waals surface area contributed by atoms with E-state index in [9.17, 15) is 0 Å². The first kappa shape index (κ1) is 26.0. The normalized spacial score (nSPS) is 21.3. The Morgan fingerprint density at radius 3 is 1.63 bits per heavy atom. The van der Waals surface area contributed by atoms with Crippen molar-refractivity contribution in [2.24, 2.45) is 17.8 Å². The Hall–Kier alpha value is -2.08. The molecule has 2 aromatic carbocycles. The summed E-state index contributed by atoms with van der Waals surface area (Å²) in [6.45, 7) is 7.03. The zero-order valence-electron chi connectivity index (χ0n) is 22.7. The minimum absolute atomic E-state index is 0.868. The molecule has 0 aliphatic heterocycles. The Bertz CT molecular complexity index is 956. The van der Waals surface area contributed by atoms with Gasteiger partial charge in [0.25, 0.3) is 0 Å². The van der Waals surface area contributed by atoms with E-state index >= 15 is 0 Å². The molecule has 2 aromatic rings. The smallest absolute Gasteiger partial charge is 0.0184 e. The van der Waals surface area contributed by atoms with Crippen LogP contribution in [-0.2, 0) is 0 Å². The van der Waals surface area contributed by atoms with Crippen LogP contribution in [0.25, 0.3) is 22.3 Å². The van der Waals surface area contributed by atoms with Crippen molar-refractivity contribution < 1.29 is 0 Å². The van der Waals surface area contributed by atoms with Gasteiger partial charge in [0, 0.05) is 0 Å². The molecule has 2 aliphatic rings. The van der Waals surface area contributed by atoms with Gasteiger partial charge in [-0.05, 0) is 96.1 Å². The lowest BCUT2D eigenvalue weighted by Crippen LogP contribution is -2.09. The second kappa shape index (κ2) is 13.3. The molecule has 2 aliphatic carbocycles. The van der Waals surface area contributed by atoms with E-state index in [1.807, 2.05) is 0 Å². The lowest BCUT2D eigenvalue weighted by atomic mass is 9.81. The van der Waals surface area contributed by atoms with Gasteiger partial charge < -0.3 is 0 Å². The van der Waals surface area contributed by atoms with E-state index in [2.05, 4.69) is 81.5 Å². The molecule has 0 heterocycles. The molecular weight excluding hydrogens is 420 g/mol. The number of hydrogen-bond donors (Lipinski definition) is 0. The highest BCUT2D eigenvalue weighted by Gasteiger charge is 2.18. The van der Waals surface area contributed by atoms with Crippen molar-refractivity contribution >= 4 is 11.1 Å².